The van der Waals surface area contributed by atoms with Crippen LogP contribution in [0.25, 0.3) is 0 Å². The quantitative estimate of drug-likeness (QED) is 0.606. The number of rotatable bonds is 7. The Morgan fingerprint density at radius 2 is 1.86 bits per heavy atom. The van der Waals surface area contributed by atoms with Crippen LogP contribution in [0.1, 0.15) is 42.1 Å². The first-order chi connectivity index (χ1) is 13.7. The summed E-state index contributed by atoms with van der Waals surface area (Å²) in [5.74, 6) is 2.23. The van der Waals surface area contributed by atoms with E-state index in [0.717, 1.165) is 29.5 Å². The van der Waals surface area contributed by atoms with Crippen molar-refractivity contribution in [3.05, 3.63) is 71.5 Å². The van der Waals surface area contributed by atoms with Crippen LogP contribution in [0.5, 0.6) is 0 Å². The molecule has 3 aromatic rings. The lowest BCUT2D eigenvalue weighted by atomic mass is 10.1. The summed E-state index contributed by atoms with van der Waals surface area (Å²) in [6.45, 7) is 2.11. The van der Waals surface area contributed by atoms with Crippen molar-refractivity contribution < 1.29 is 4.79 Å². The Labute approximate surface area is 169 Å². The Kier molecular flexibility index (Phi) is 5.48. The molecule has 0 spiro atoms. The number of thioether (sulfide) groups is 1. The van der Waals surface area contributed by atoms with Gasteiger partial charge in [0.05, 0.1) is 5.75 Å². The Morgan fingerprint density at radius 1 is 1.11 bits per heavy atom. The molecule has 2 atom stereocenters. The van der Waals surface area contributed by atoms with Gasteiger partial charge >= 0.3 is 0 Å². The molecule has 4 rings (SSSR count). The normalized spacial score (nSPS) is 18.1. The second-order valence-electron chi connectivity index (χ2n) is 7.15. The maximum atomic E-state index is 12.3. The monoisotopic (exact) mass is 392 g/mol. The van der Waals surface area contributed by atoms with E-state index in [-0.39, 0.29) is 5.91 Å². The SMILES string of the molecule is CCc1ccc(NC(=O)CSc2nnc(C3CC3c3ccccc3)n2C)cc1. The lowest BCUT2D eigenvalue weighted by Crippen LogP contribution is -2.14. The van der Waals surface area contributed by atoms with E-state index in [4.69, 9.17) is 0 Å². The van der Waals surface area contributed by atoms with Crippen LogP contribution in [-0.2, 0) is 18.3 Å². The van der Waals surface area contributed by atoms with Crippen LogP contribution in [0.2, 0.25) is 0 Å². The Morgan fingerprint density at radius 3 is 2.57 bits per heavy atom. The molecule has 6 heteroatoms. The fraction of sp³-hybridized carbons (Fsp3) is 0.318. The minimum absolute atomic E-state index is 0.0348. The largest absolute Gasteiger partial charge is 0.325 e. The van der Waals surface area contributed by atoms with Crippen LogP contribution in [0.15, 0.2) is 59.8 Å². The summed E-state index contributed by atoms with van der Waals surface area (Å²) in [5, 5.41) is 12.4. The number of amides is 1. The molecule has 28 heavy (non-hydrogen) atoms. The molecular formula is C22H24N4OS. The molecule has 1 aliphatic carbocycles. The van der Waals surface area contributed by atoms with E-state index >= 15 is 0 Å². The number of benzene rings is 2. The summed E-state index contributed by atoms with van der Waals surface area (Å²) in [6, 6.07) is 18.5. The molecule has 1 saturated carbocycles. The highest BCUT2D eigenvalue weighted by Gasteiger charge is 2.42. The van der Waals surface area contributed by atoms with Crippen molar-refractivity contribution in [2.45, 2.75) is 36.8 Å². The topological polar surface area (TPSA) is 59.8 Å². The molecule has 2 aromatic carbocycles. The number of nitrogens with one attached hydrogen (secondary N) is 1. The van der Waals surface area contributed by atoms with Crippen LogP contribution >= 0.6 is 11.8 Å². The van der Waals surface area contributed by atoms with E-state index < -0.39 is 0 Å². The van der Waals surface area contributed by atoms with Gasteiger partial charge in [-0.3, -0.25) is 4.79 Å². The number of carbonyl (C=O) groups is 1. The minimum Gasteiger partial charge on any atom is -0.325 e. The van der Waals surface area contributed by atoms with Crippen molar-refractivity contribution in [3.63, 3.8) is 0 Å². The second kappa shape index (κ2) is 8.19. The van der Waals surface area contributed by atoms with Gasteiger partial charge in [0, 0.05) is 18.7 Å². The van der Waals surface area contributed by atoms with Crippen molar-refractivity contribution in [2.24, 2.45) is 7.05 Å². The van der Waals surface area contributed by atoms with Crippen LogP contribution < -0.4 is 5.32 Å². The van der Waals surface area contributed by atoms with Gasteiger partial charge < -0.3 is 9.88 Å². The van der Waals surface area contributed by atoms with E-state index in [9.17, 15) is 4.79 Å². The smallest absolute Gasteiger partial charge is 0.234 e. The van der Waals surface area contributed by atoms with E-state index in [1.54, 1.807) is 0 Å². The molecule has 5 nitrogen and oxygen atoms in total. The van der Waals surface area contributed by atoms with Gasteiger partial charge in [-0.2, -0.15) is 0 Å². The van der Waals surface area contributed by atoms with E-state index in [0.29, 0.717) is 17.6 Å². The molecular weight excluding hydrogens is 368 g/mol. The minimum atomic E-state index is -0.0348. The second-order valence-corrected chi connectivity index (χ2v) is 8.09. The average Bonchev–Trinajstić information content (AvgIpc) is 3.44. The zero-order valence-electron chi connectivity index (χ0n) is 16.1. The Hall–Kier alpha value is -2.60. The fourth-order valence-corrected chi connectivity index (χ4v) is 4.19. The van der Waals surface area contributed by atoms with E-state index in [1.165, 1.54) is 22.9 Å². The van der Waals surface area contributed by atoms with Crippen LogP contribution in [0.3, 0.4) is 0 Å². The number of nitrogens with zero attached hydrogens (tertiary/aromatic N) is 3. The molecule has 0 aliphatic heterocycles. The third-order valence-electron chi connectivity index (χ3n) is 5.20. The van der Waals surface area contributed by atoms with E-state index in [2.05, 4.69) is 46.7 Å². The van der Waals surface area contributed by atoms with Gasteiger partial charge in [0.2, 0.25) is 5.91 Å². The van der Waals surface area contributed by atoms with Gasteiger partial charge in [0.15, 0.2) is 5.16 Å². The highest BCUT2D eigenvalue weighted by atomic mass is 32.2. The molecule has 1 aromatic heterocycles. The lowest BCUT2D eigenvalue weighted by Gasteiger charge is -2.06. The van der Waals surface area contributed by atoms with Crippen molar-refractivity contribution >= 4 is 23.4 Å². The van der Waals surface area contributed by atoms with Crippen LogP contribution in [-0.4, -0.2) is 26.4 Å². The van der Waals surface area contributed by atoms with Crippen molar-refractivity contribution in [1.29, 1.82) is 0 Å². The highest BCUT2D eigenvalue weighted by Crippen LogP contribution is 2.54. The molecule has 1 N–H and O–H groups in total. The average molecular weight is 393 g/mol. The predicted molar refractivity (Wildman–Crippen MR) is 113 cm³/mol. The first-order valence-corrected chi connectivity index (χ1v) is 10.6. The van der Waals surface area contributed by atoms with Gasteiger partial charge in [-0.05, 0) is 42.0 Å². The number of carbonyl (C=O) groups excluding carboxylic acids is 1. The highest BCUT2D eigenvalue weighted by molar-refractivity contribution is 7.99. The molecule has 2 unspecified atom stereocenters. The Bertz CT molecular complexity index is 952. The first kappa shape index (κ1) is 18.7. The molecule has 0 saturated heterocycles. The molecule has 1 fully saturated rings. The van der Waals surface area contributed by atoms with Crippen molar-refractivity contribution in [2.75, 3.05) is 11.1 Å². The Balaban J connectivity index is 1.33. The zero-order chi connectivity index (χ0) is 19.5. The van der Waals surface area contributed by atoms with Crippen molar-refractivity contribution in [3.8, 4) is 0 Å². The number of aromatic nitrogens is 3. The number of aryl methyl sites for hydroxylation is 1. The fourth-order valence-electron chi connectivity index (χ4n) is 3.47. The summed E-state index contributed by atoms with van der Waals surface area (Å²) >= 11 is 1.42. The lowest BCUT2D eigenvalue weighted by molar-refractivity contribution is -0.113. The summed E-state index contributed by atoms with van der Waals surface area (Å²) in [5.41, 5.74) is 3.44. The third kappa shape index (κ3) is 4.12. The molecule has 144 valence electrons. The molecule has 0 bridgehead atoms. The van der Waals surface area contributed by atoms with Gasteiger partial charge in [-0.15, -0.1) is 10.2 Å². The maximum Gasteiger partial charge on any atom is 0.234 e. The molecule has 1 heterocycles. The van der Waals surface area contributed by atoms with Gasteiger partial charge in [0.1, 0.15) is 5.82 Å². The molecule has 1 aliphatic rings. The maximum absolute atomic E-state index is 12.3. The predicted octanol–water partition coefficient (Wildman–Crippen LogP) is 4.38. The first-order valence-electron chi connectivity index (χ1n) is 9.61. The number of hydrogen-bond donors (Lipinski definition) is 1. The standard InChI is InChI=1S/C22H24N4OS/c1-3-15-9-11-17(12-10-15)23-20(27)14-28-22-25-24-21(26(22)2)19-13-18(19)16-7-5-4-6-8-16/h4-12,18-19H,3,13-14H2,1-2H3,(H,23,27). The van der Waals surface area contributed by atoms with Crippen LogP contribution in [0, 0.1) is 0 Å². The summed E-state index contributed by atoms with van der Waals surface area (Å²) in [7, 11) is 1.99. The van der Waals surface area contributed by atoms with Crippen molar-refractivity contribution in [1.82, 2.24) is 14.8 Å². The molecule has 0 radical (unpaired) electrons. The van der Waals surface area contributed by atoms with Gasteiger partial charge in [-0.25, -0.2) is 0 Å². The zero-order valence-corrected chi connectivity index (χ0v) is 16.9. The molecule has 1 amide bonds. The van der Waals surface area contributed by atoms with Gasteiger partial charge in [-0.1, -0.05) is 61.2 Å². The number of anilines is 1. The summed E-state index contributed by atoms with van der Waals surface area (Å²) in [4.78, 5) is 12.3. The van der Waals surface area contributed by atoms with Crippen LogP contribution in [0.4, 0.5) is 5.69 Å². The van der Waals surface area contributed by atoms with E-state index in [1.807, 2.05) is 41.9 Å². The summed E-state index contributed by atoms with van der Waals surface area (Å²) in [6.07, 6.45) is 2.10. The van der Waals surface area contributed by atoms with Gasteiger partial charge in [0.25, 0.3) is 0 Å². The summed E-state index contributed by atoms with van der Waals surface area (Å²) < 4.78 is 2.03. The number of hydrogen-bond acceptors (Lipinski definition) is 4. The third-order valence-corrected chi connectivity index (χ3v) is 6.22.